The number of nitrogens with two attached hydrogens (primary N) is 1. The predicted octanol–water partition coefficient (Wildman–Crippen LogP) is 4.50. The van der Waals surface area contributed by atoms with Gasteiger partial charge in [0.25, 0.3) is 0 Å². The smallest absolute Gasteiger partial charge is 0.123 e. The van der Waals surface area contributed by atoms with Gasteiger partial charge in [0.2, 0.25) is 0 Å². The van der Waals surface area contributed by atoms with Crippen molar-refractivity contribution in [3.05, 3.63) is 56.4 Å². The molecular weight excluding hydrogens is 325 g/mol. The van der Waals surface area contributed by atoms with Crippen LogP contribution < -0.4 is 5.73 Å². The third kappa shape index (κ3) is 3.44. The third-order valence-electron chi connectivity index (χ3n) is 3.57. The molecule has 1 unspecified atom stereocenters. The van der Waals surface area contributed by atoms with Gasteiger partial charge in [0.05, 0.1) is 3.79 Å². The molecule has 0 saturated heterocycles. The van der Waals surface area contributed by atoms with Crippen molar-refractivity contribution < 1.29 is 4.39 Å². The molecule has 0 bridgehead atoms. The lowest BCUT2D eigenvalue weighted by Crippen LogP contribution is -2.42. The Morgan fingerprint density at radius 1 is 1.21 bits per heavy atom. The highest BCUT2D eigenvalue weighted by molar-refractivity contribution is 9.11. The summed E-state index contributed by atoms with van der Waals surface area (Å²) in [5, 5.41) is 0. The minimum Gasteiger partial charge on any atom is -0.327 e. The lowest BCUT2D eigenvalue weighted by molar-refractivity contribution is 0.407. The van der Waals surface area contributed by atoms with E-state index in [1.807, 2.05) is 18.2 Å². The second-order valence-electron chi connectivity index (χ2n) is 5.25. The molecule has 0 fully saturated rings. The molecule has 2 rings (SSSR count). The second-order valence-corrected chi connectivity index (χ2v) is 7.79. The van der Waals surface area contributed by atoms with E-state index >= 15 is 0 Å². The molecule has 1 aromatic carbocycles. The number of rotatable bonds is 4. The van der Waals surface area contributed by atoms with Crippen LogP contribution in [0.25, 0.3) is 0 Å². The fourth-order valence-corrected chi connectivity index (χ4v) is 3.57. The predicted molar refractivity (Wildman–Crippen MR) is 83.1 cm³/mol. The van der Waals surface area contributed by atoms with Crippen LogP contribution in [0.2, 0.25) is 0 Å². The zero-order valence-electron chi connectivity index (χ0n) is 11.0. The standard InChI is InChI=1S/C15H17BrFNS/c1-15(2,10-3-5-11(17)6-4-10)13(18)9-12-7-8-14(16)19-12/h3-8,13H,9,18H2,1-2H3. The molecule has 4 heteroatoms. The molecule has 0 aliphatic heterocycles. The summed E-state index contributed by atoms with van der Waals surface area (Å²) < 4.78 is 14.1. The van der Waals surface area contributed by atoms with Crippen molar-refractivity contribution >= 4 is 27.3 Å². The van der Waals surface area contributed by atoms with Gasteiger partial charge in [-0.1, -0.05) is 26.0 Å². The highest BCUT2D eigenvalue weighted by atomic mass is 79.9. The molecule has 1 aromatic heterocycles. The molecule has 1 atom stereocenters. The van der Waals surface area contributed by atoms with E-state index in [2.05, 4.69) is 35.8 Å². The van der Waals surface area contributed by atoms with E-state index in [0.717, 1.165) is 15.8 Å². The fourth-order valence-electron chi connectivity index (χ4n) is 2.03. The van der Waals surface area contributed by atoms with Gasteiger partial charge in [-0.05, 0) is 52.2 Å². The van der Waals surface area contributed by atoms with Crippen LogP contribution in [0.3, 0.4) is 0 Å². The van der Waals surface area contributed by atoms with E-state index in [9.17, 15) is 4.39 Å². The summed E-state index contributed by atoms with van der Waals surface area (Å²) >= 11 is 5.17. The second kappa shape index (κ2) is 5.73. The number of thiophene rings is 1. The molecule has 0 aliphatic rings. The van der Waals surface area contributed by atoms with Gasteiger partial charge >= 0.3 is 0 Å². The van der Waals surface area contributed by atoms with Crippen LogP contribution in [0.4, 0.5) is 4.39 Å². The molecule has 1 heterocycles. The molecule has 0 spiro atoms. The van der Waals surface area contributed by atoms with E-state index in [0.29, 0.717) is 0 Å². The molecule has 1 nitrogen and oxygen atoms in total. The molecule has 0 saturated carbocycles. The van der Waals surface area contributed by atoms with Crippen LogP contribution in [-0.2, 0) is 11.8 Å². The number of halogens is 2. The monoisotopic (exact) mass is 341 g/mol. The minimum atomic E-state index is -0.213. The van der Waals surface area contributed by atoms with Crippen molar-refractivity contribution in [2.75, 3.05) is 0 Å². The minimum absolute atomic E-state index is 0.0106. The summed E-state index contributed by atoms with van der Waals surface area (Å²) in [7, 11) is 0. The molecule has 0 radical (unpaired) electrons. The summed E-state index contributed by atoms with van der Waals surface area (Å²) in [6.45, 7) is 4.21. The maximum absolute atomic E-state index is 13.0. The first-order valence-corrected chi connectivity index (χ1v) is 7.76. The van der Waals surface area contributed by atoms with Crippen LogP contribution >= 0.6 is 27.3 Å². The van der Waals surface area contributed by atoms with E-state index in [1.165, 1.54) is 17.0 Å². The summed E-state index contributed by atoms with van der Waals surface area (Å²) in [4.78, 5) is 1.26. The Morgan fingerprint density at radius 2 is 1.84 bits per heavy atom. The third-order valence-corrected chi connectivity index (χ3v) is 5.21. The van der Waals surface area contributed by atoms with Gasteiger partial charge in [-0.15, -0.1) is 11.3 Å². The molecule has 0 amide bonds. The van der Waals surface area contributed by atoms with E-state index < -0.39 is 0 Å². The van der Waals surface area contributed by atoms with Crippen molar-refractivity contribution in [3.8, 4) is 0 Å². The summed E-state index contributed by atoms with van der Waals surface area (Å²) in [6.07, 6.45) is 0.820. The maximum Gasteiger partial charge on any atom is 0.123 e. The topological polar surface area (TPSA) is 26.0 Å². The van der Waals surface area contributed by atoms with Gasteiger partial charge in [-0.3, -0.25) is 0 Å². The van der Waals surface area contributed by atoms with E-state index in [1.54, 1.807) is 11.3 Å². The molecule has 0 aliphatic carbocycles. The van der Waals surface area contributed by atoms with Gasteiger partial charge in [0, 0.05) is 16.3 Å². The Kier molecular flexibility index (Phi) is 4.43. The van der Waals surface area contributed by atoms with E-state index in [4.69, 9.17) is 5.73 Å². The normalized spacial score (nSPS) is 13.5. The largest absolute Gasteiger partial charge is 0.327 e. The Labute approximate surface area is 125 Å². The lowest BCUT2D eigenvalue weighted by atomic mass is 9.76. The van der Waals surface area contributed by atoms with Gasteiger partial charge in [0.15, 0.2) is 0 Å². The number of benzene rings is 1. The Hall–Kier alpha value is -0.710. The Morgan fingerprint density at radius 3 is 2.37 bits per heavy atom. The van der Waals surface area contributed by atoms with Crippen LogP contribution in [0.1, 0.15) is 24.3 Å². The average Bonchev–Trinajstić information content (AvgIpc) is 2.75. The fraction of sp³-hybridized carbons (Fsp3) is 0.333. The van der Waals surface area contributed by atoms with Crippen LogP contribution in [-0.4, -0.2) is 6.04 Å². The lowest BCUT2D eigenvalue weighted by Gasteiger charge is -2.32. The molecule has 19 heavy (non-hydrogen) atoms. The number of hydrogen-bond acceptors (Lipinski definition) is 2. The van der Waals surface area contributed by atoms with Gasteiger partial charge < -0.3 is 5.73 Å². The van der Waals surface area contributed by atoms with Crippen molar-refractivity contribution in [3.63, 3.8) is 0 Å². The molecule has 2 N–H and O–H groups in total. The van der Waals surface area contributed by atoms with Crippen LogP contribution in [0, 0.1) is 5.82 Å². The van der Waals surface area contributed by atoms with Crippen molar-refractivity contribution in [2.24, 2.45) is 5.73 Å². The summed E-state index contributed by atoms with van der Waals surface area (Å²) in [5.74, 6) is -0.213. The highest BCUT2D eigenvalue weighted by Gasteiger charge is 2.28. The van der Waals surface area contributed by atoms with Gasteiger partial charge in [-0.2, -0.15) is 0 Å². The Bertz CT molecular complexity index is 548. The molecular formula is C15H17BrFNS. The van der Waals surface area contributed by atoms with E-state index in [-0.39, 0.29) is 17.3 Å². The van der Waals surface area contributed by atoms with Crippen molar-refractivity contribution in [2.45, 2.75) is 31.7 Å². The Balaban J connectivity index is 2.16. The average molecular weight is 342 g/mol. The van der Waals surface area contributed by atoms with Crippen molar-refractivity contribution in [1.29, 1.82) is 0 Å². The van der Waals surface area contributed by atoms with Gasteiger partial charge in [0.1, 0.15) is 5.82 Å². The first-order chi connectivity index (χ1) is 8.89. The summed E-state index contributed by atoms with van der Waals surface area (Å²) in [6, 6.07) is 10.7. The van der Waals surface area contributed by atoms with Crippen molar-refractivity contribution in [1.82, 2.24) is 0 Å². The van der Waals surface area contributed by atoms with Crippen LogP contribution in [0.5, 0.6) is 0 Å². The highest BCUT2D eigenvalue weighted by Crippen LogP contribution is 2.30. The zero-order valence-corrected chi connectivity index (χ0v) is 13.4. The molecule has 2 aromatic rings. The quantitative estimate of drug-likeness (QED) is 0.870. The first-order valence-electron chi connectivity index (χ1n) is 6.15. The SMILES string of the molecule is CC(C)(c1ccc(F)cc1)C(N)Cc1ccc(Br)s1. The zero-order chi connectivity index (χ0) is 14.0. The number of hydrogen-bond donors (Lipinski definition) is 1. The maximum atomic E-state index is 13.0. The molecule has 102 valence electrons. The van der Waals surface area contributed by atoms with Gasteiger partial charge in [-0.25, -0.2) is 4.39 Å². The summed E-state index contributed by atoms with van der Waals surface area (Å²) in [5.41, 5.74) is 7.24. The van der Waals surface area contributed by atoms with Crippen LogP contribution in [0.15, 0.2) is 40.2 Å². The first kappa shape index (κ1) is 14.7.